The molecule has 0 unspecified atom stereocenters. The van der Waals surface area contributed by atoms with Crippen LogP contribution in [-0.4, -0.2) is 46.9 Å². The van der Waals surface area contributed by atoms with E-state index in [2.05, 4.69) is 6.92 Å². The summed E-state index contributed by atoms with van der Waals surface area (Å²) in [4.78, 5) is 48.9. The van der Waals surface area contributed by atoms with Crippen molar-refractivity contribution >= 4 is 23.5 Å². The first-order valence-electron chi connectivity index (χ1n) is 11.7. The summed E-state index contributed by atoms with van der Waals surface area (Å²) >= 11 is 0. The molecule has 0 aromatic rings. The monoisotopic (exact) mass is 446 g/mol. The fourth-order valence-corrected chi connectivity index (χ4v) is 7.89. The predicted octanol–water partition coefficient (Wildman–Crippen LogP) is 2.92. The zero-order valence-electron chi connectivity index (χ0n) is 19.4. The van der Waals surface area contributed by atoms with Gasteiger partial charge in [0.25, 0.3) is 0 Å². The van der Waals surface area contributed by atoms with Gasteiger partial charge in [0, 0.05) is 25.7 Å². The van der Waals surface area contributed by atoms with Crippen molar-refractivity contribution in [3.63, 3.8) is 0 Å². The molecule has 7 nitrogen and oxygen atoms in total. The summed E-state index contributed by atoms with van der Waals surface area (Å²) in [6.45, 7) is 6.22. The molecule has 4 aliphatic rings. The number of Topliss-reactive ketones (excluding diaryl/α,β-unsaturated/α-hetero) is 1. The Balaban J connectivity index is 1.72. The molecule has 0 aromatic heterocycles. The van der Waals surface area contributed by atoms with Crippen molar-refractivity contribution in [3.05, 3.63) is 11.6 Å². The number of hydrogen-bond acceptors (Lipinski definition) is 7. The molecule has 0 heterocycles. The number of esters is 2. The molecule has 3 saturated carbocycles. The highest BCUT2D eigenvalue weighted by Crippen LogP contribution is 2.68. The topological polar surface area (TPSA) is 107 Å². The summed E-state index contributed by atoms with van der Waals surface area (Å²) < 4.78 is 10.8. The van der Waals surface area contributed by atoms with Crippen LogP contribution < -0.4 is 0 Å². The molecule has 7 heteroatoms. The van der Waals surface area contributed by atoms with Crippen molar-refractivity contribution in [2.45, 2.75) is 84.3 Å². The molecule has 0 radical (unpaired) electrons. The minimum atomic E-state index is -1.41. The SMILES string of the molecule is CC(=O)OCC(=O)[C@@]1(OC(C)=O)CC[C@H]2[C@@H]3CCC4=CC(=O)CC[C@]4(C)[C@H]3[C@H](O)C[C@@]21C. The van der Waals surface area contributed by atoms with Gasteiger partial charge < -0.3 is 14.6 Å². The first kappa shape index (κ1) is 23.1. The van der Waals surface area contributed by atoms with E-state index < -0.39 is 41.4 Å². The predicted molar refractivity (Wildman–Crippen MR) is 114 cm³/mol. The van der Waals surface area contributed by atoms with Crippen LogP contribution in [0.1, 0.15) is 72.6 Å². The summed E-state index contributed by atoms with van der Waals surface area (Å²) in [7, 11) is 0. The highest BCUT2D eigenvalue weighted by Gasteiger charge is 2.70. The van der Waals surface area contributed by atoms with Crippen LogP contribution in [0, 0.1) is 28.6 Å². The number of carbonyl (C=O) groups is 4. The van der Waals surface area contributed by atoms with Crippen molar-refractivity contribution in [2.24, 2.45) is 28.6 Å². The number of carbonyl (C=O) groups excluding carboxylic acids is 4. The lowest BCUT2D eigenvalue weighted by Crippen LogP contribution is -2.63. The second kappa shape index (κ2) is 7.79. The Morgan fingerprint density at radius 2 is 1.81 bits per heavy atom. The molecule has 0 aliphatic heterocycles. The van der Waals surface area contributed by atoms with E-state index in [9.17, 15) is 24.3 Å². The Morgan fingerprint density at radius 3 is 2.47 bits per heavy atom. The number of aliphatic hydroxyl groups is 1. The first-order chi connectivity index (χ1) is 14.9. The van der Waals surface area contributed by atoms with Crippen LogP contribution in [0.2, 0.25) is 0 Å². The van der Waals surface area contributed by atoms with Crippen LogP contribution >= 0.6 is 0 Å². The summed E-state index contributed by atoms with van der Waals surface area (Å²) in [6.07, 6.45) is 5.39. The number of hydrogen-bond donors (Lipinski definition) is 1. The summed E-state index contributed by atoms with van der Waals surface area (Å²) in [5.74, 6) is -1.10. The van der Waals surface area contributed by atoms with E-state index in [1.807, 2.05) is 6.92 Å². The number of allylic oxidation sites excluding steroid dienone is 1. The average molecular weight is 447 g/mol. The van der Waals surface area contributed by atoms with Crippen LogP contribution in [0.15, 0.2) is 11.6 Å². The molecule has 176 valence electrons. The molecule has 0 bridgehead atoms. The van der Waals surface area contributed by atoms with Crippen molar-refractivity contribution in [3.8, 4) is 0 Å². The van der Waals surface area contributed by atoms with Gasteiger partial charge in [-0.2, -0.15) is 0 Å². The fraction of sp³-hybridized carbons (Fsp3) is 0.760. The second-order valence-corrected chi connectivity index (χ2v) is 10.7. The lowest BCUT2D eigenvalue weighted by atomic mass is 9.45. The minimum absolute atomic E-state index is 0.00498. The Kier molecular flexibility index (Phi) is 5.63. The third-order valence-corrected chi connectivity index (χ3v) is 9.19. The van der Waals surface area contributed by atoms with Gasteiger partial charge in [-0.25, -0.2) is 0 Å². The zero-order chi connectivity index (χ0) is 23.5. The lowest BCUT2D eigenvalue weighted by molar-refractivity contribution is -0.201. The van der Waals surface area contributed by atoms with Crippen molar-refractivity contribution in [2.75, 3.05) is 6.61 Å². The molecule has 0 saturated heterocycles. The normalized spacial score (nSPS) is 42.8. The Labute approximate surface area is 188 Å². The molecule has 32 heavy (non-hydrogen) atoms. The maximum absolute atomic E-state index is 13.4. The Bertz CT molecular complexity index is 891. The fourth-order valence-electron chi connectivity index (χ4n) is 7.89. The van der Waals surface area contributed by atoms with Crippen molar-refractivity contribution in [1.82, 2.24) is 0 Å². The number of ketones is 2. The Morgan fingerprint density at radius 1 is 1.09 bits per heavy atom. The maximum Gasteiger partial charge on any atom is 0.303 e. The van der Waals surface area contributed by atoms with E-state index in [1.54, 1.807) is 6.08 Å². The third kappa shape index (κ3) is 3.27. The first-order valence-corrected chi connectivity index (χ1v) is 11.7. The largest absolute Gasteiger partial charge is 0.458 e. The van der Waals surface area contributed by atoms with Gasteiger partial charge in [0.05, 0.1) is 6.10 Å². The second-order valence-electron chi connectivity index (χ2n) is 10.7. The average Bonchev–Trinajstić information content (AvgIpc) is 2.98. The quantitative estimate of drug-likeness (QED) is 0.662. The molecule has 3 fully saturated rings. The molecular weight excluding hydrogens is 412 g/mol. The Hall–Kier alpha value is -2.02. The molecule has 0 amide bonds. The van der Waals surface area contributed by atoms with Crippen LogP contribution in [0.25, 0.3) is 0 Å². The molecule has 0 aromatic carbocycles. The van der Waals surface area contributed by atoms with Gasteiger partial charge in [0.15, 0.2) is 18.0 Å². The van der Waals surface area contributed by atoms with E-state index in [4.69, 9.17) is 9.47 Å². The third-order valence-electron chi connectivity index (χ3n) is 9.19. The molecule has 1 N–H and O–H groups in total. The van der Waals surface area contributed by atoms with E-state index in [0.29, 0.717) is 25.7 Å². The number of ether oxygens (including phenoxy) is 2. The van der Waals surface area contributed by atoms with Gasteiger partial charge in [-0.1, -0.05) is 19.4 Å². The number of aliphatic hydroxyl groups excluding tert-OH is 1. The smallest absolute Gasteiger partial charge is 0.303 e. The van der Waals surface area contributed by atoms with Crippen LogP contribution in [0.3, 0.4) is 0 Å². The minimum Gasteiger partial charge on any atom is -0.458 e. The van der Waals surface area contributed by atoms with Crippen molar-refractivity contribution in [1.29, 1.82) is 0 Å². The van der Waals surface area contributed by atoms with Crippen LogP contribution in [0.5, 0.6) is 0 Å². The van der Waals surface area contributed by atoms with Gasteiger partial charge in [-0.05, 0) is 67.8 Å². The summed E-state index contributed by atoms with van der Waals surface area (Å²) in [5.41, 5.74) is -1.25. The van der Waals surface area contributed by atoms with Gasteiger partial charge in [0.2, 0.25) is 5.78 Å². The number of rotatable bonds is 4. The molecular formula is C25H34O7. The van der Waals surface area contributed by atoms with Crippen molar-refractivity contribution < 1.29 is 33.8 Å². The van der Waals surface area contributed by atoms with Gasteiger partial charge in [-0.15, -0.1) is 0 Å². The van der Waals surface area contributed by atoms with E-state index in [1.165, 1.54) is 13.8 Å². The summed E-state index contributed by atoms with van der Waals surface area (Å²) in [5, 5.41) is 11.5. The van der Waals surface area contributed by atoms with Gasteiger partial charge >= 0.3 is 11.9 Å². The molecule has 0 spiro atoms. The summed E-state index contributed by atoms with van der Waals surface area (Å²) in [6, 6.07) is 0. The molecule has 7 atom stereocenters. The van der Waals surface area contributed by atoms with Gasteiger partial charge in [0.1, 0.15) is 0 Å². The highest BCUT2D eigenvalue weighted by atomic mass is 16.6. The standard InChI is InChI=1S/C25H34O7/c1-14(26)31-13-21(30)25(32-15(2)27)10-8-19-18-6-5-16-11-17(28)7-9-23(16,3)22(18)20(29)12-24(19,25)4/h11,18-20,22,29H,5-10,12-13H2,1-4H3/t18-,19-,20+,22+,23-,24-,25-/m0/s1. The number of fused-ring (bicyclic) bond motifs is 5. The molecule has 4 rings (SSSR count). The zero-order valence-corrected chi connectivity index (χ0v) is 19.4. The molecule has 4 aliphatic carbocycles. The van der Waals surface area contributed by atoms with Gasteiger partial charge in [-0.3, -0.25) is 19.2 Å². The highest BCUT2D eigenvalue weighted by molar-refractivity contribution is 5.93. The van der Waals surface area contributed by atoms with E-state index >= 15 is 0 Å². The van der Waals surface area contributed by atoms with E-state index in [0.717, 1.165) is 24.8 Å². The van der Waals surface area contributed by atoms with Crippen LogP contribution in [-0.2, 0) is 28.7 Å². The lowest BCUT2D eigenvalue weighted by Gasteiger charge is -2.60. The van der Waals surface area contributed by atoms with Crippen LogP contribution in [0.4, 0.5) is 0 Å². The van der Waals surface area contributed by atoms with E-state index in [-0.39, 0.29) is 29.0 Å². The maximum atomic E-state index is 13.4.